The summed E-state index contributed by atoms with van der Waals surface area (Å²) < 4.78 is 38.3. The van der Waals surface area contributed by atoms with E-state index in [2.05, 4.69) is 9.97 Å². The molecule has 1 aromatic carbocycles. The van der Waals surface area contributed by atoms with Crippen LogP contribution in [0.15, 0.2) is 52.5 Å². The van der Waals surface area contributed by atoms with E-state index in [1.807, 2.05) is 30.3 Å². The minimum absolute atomic E-state index is 0.177. The lowest BCUT2D eigenvalue weighted by Crippen LogP contribution is -2.05. The Balaban J connectivity index is 1.95. The van der Waals surface area contributed by atoms with E-state index < -0.39 is 11.7 Å². The highest BCUT2D eigenvalue weighted by atomic mass is 35.5. The van der Waals surface area contributed by atoms with Crippen molar-refractivity contribution in [2.75, 3.05) is 0 Å². The van der Waals surface area contributed by atoms with Crippen molar-refractivity contribution in [3.05, 3.63) is 53.2 Å². The van der Waals surface area contributed by atoms with E-state index >= 15 is 0 Å². The third-order valence-corrected chi connectivity index (χ3v) is 3.87. The number of aromatic nitrogens is 2. The number of alkyl halides is 3. The Hall–Kier alpha value is -1.66. The van der Waals surface area contributed by atoms with Gasteiger partial charge in [0, 0.05) is 10.9 Å². The van der Waals surface area contributed by atoms with E-state index in [4.69, 9.17) is 11.6 Å². The molecule has 3 rings (SSSR count). The van der Waals surface area contributed by atoms with Crippen LogP contribution < -0.4 is 0 Å². The van der Waals surface area contributed by atoms with Gasteiger partial charge < -0.3 is 4.98 Å². The first-order valence-electron chi connectivity index (χ1n) is 5.92. The Morgan fingerprint density at radius 3 is 2.57 bits per heavy atom. The van der Waals surface area contributed by atoms with Crippen LogP contribution in [0.25, 0.3) is 10.9 Å². The van der Waals surface area contributed by atoms with Gasteiger partial charge in [0.25, 0.3) is 0 Å². The van der Waals surface area contributed by atoms with Crippen molar-refractivity contribution in [2.24, 2.45) is 0 Å². The summed E-state index contributed by atoms with van der Waals surface area (Å²) in [6.45, 7) is 0. The summed E-state index contributed by atoms with van der Waals surface area (Å²) >= 11 is 6.77. The smallest absolute Gasteiger partial charge is 0.349 e. The number of aromatic amines is 1. The normalized spacial score (nSPS) is 12.0. The maximum atomic E-state index is 12.8. The van der Waals surface area contributed by atoms with E-state index in [1.54, 1.807) is 0 Å². The summed E-state index contributed by atoms with van der Waals surface area (Å²) in [5.41, 5.74) is 0.110. The number of fused-ring (bicyclic) bond motifs is 1. The lowest BCUT2D eigenvalue weighted by atomic mass is 10.3. The molecule has 0 atom stereocenters. The number of para-hydroxylation sites is 1. The second-order valence-corrected chi connectivity index (χ2v) is 5.79. The monoisotopic (exact) mass is 328 g/mol. The quantitative estimate of drug-likeness (QED) is 0.639. The van der Waals surface area contributed by atoms with Crippen LogP contribution in [0, 0.1) is 0 Å². The summed E-state index contributed by atoms with van der Waals surface area (Å²) in [5.74, 6) is 0. The molecule has 2 aromatic heterocycles. The molecule has 0 aliphatic heterocycles. The highest BCUT2D eigenvalue weighted by Gasteiger charge is 2.31. The molecule has 0 saturated heterocycles. The number of nitrogens with one attached hydrogen (secondary N) is 1. The van der Waals surface area contributed by atoms with Crippen LogP contribution in [-0.2, 0) is 6.18 Å². The average Bonchev–Trinajstić information content (AvgIpc) is 2.79. The highest BCUT2D eigenvalue weighted by Crippen LogP contribution is 2.35. The predicted octanol–water partition coefficient (Wildman–Crippen LogP) is 5.39. The first-order chi connectivity index (χ1) is 9.91. The van der Waals surface area contributed by atoms with Crippen LogP contribution in [-0.4, -0.2) is 9.97 Å². The maximum absolute atomic E-state index is 12.8. The molecule has 0 aliphatic carbocycles. The SMILES string of the molecule is FC(F)(F)c1cc(Cl)nc(Sc2cc3ccccc3[nH]2)c1. The fourth-order valence-electron chi connectivity index (χ4n) is 1.90. The zero-order valence-electron chi connectivity index (χ0n) is 10.4. The van der Waals surface area contributed by atoms with Crippen LogP contribution in [0.1, 0.15) is 5.56 Å². The number of nitrogens with zero attached hydrogens (tertiary/aromatic N) is 1. The molecule has 3 aromatic rings. The zero-order valence-corrected chi connectivity index (χ0v) is 12.0. The van der Waals surface area contributed by atoms with Gasteiger partial charge in [-0.05, 0) is 24.3 Å². The fourth-order valence-corrected chi connectivity index (χ4v) is 3.06. The summed E-state index contributed by atoms with van der Waals surface area (Å²) in [6, 6.07) is 11.2. The summed E-state index contributed by atoms with van der Waals surface area (Å²) in [4.78, 5) is 7.04. The molecule has 2 heterocycles. The summed E-state index contributed by atoms with van der Waals surface area (Å²) in [7, 11) is 0. The standard InChI is InChI=1S/C14H8ClF3N2S/c15-11-6-9(14(16,17)18)7-13(20-11)21-12-5-8-3-1-2-4-10(8)19-12/h1-7,19H. The third kappa shape index (κ3) is 3.16. The molecule has 21 heavy (non-hydrogen) atoms. The van der Waals surface area contributed by atoms with Gasteiger partial charge in [0.2, 0.25) is 0 Å². The molecule has 0 aliphatic rings. The van der Waals surface area contributed by atoms with Crippen LogP contribution in [0.4, 0.5) is 13.2 Å². The van der Waals surface area contributed by atoms with Crippen molar-refractivity contribution in [1.82, 2.24) is 9.97 Å². The average molecular weight is 329 g/mol. The van der Waals surface area contributed by atoms with Crippen molar-refractivity contribution in [2.45, 2.75) is 16.2 Å². The van der Waals surface area contributed by atoms with Crippen LogP contribution in [0.5, 0.6) is 0 Å². The number of benzene rings is 1. The molecular formula is C14H8ClF3N2S. The Morgan fingerprint density at radius 1 is 1.10 bits per heavy atom. The Kier molecular flexibility index (Phi) is 3.59. The molecule has 1 N–H and O–H groups in total. The first kappa shape index (κ1) is 14.3. The molecule has 108 valence electrons. The summed E-state index contributed by atoms with van der Waals surface area (Å²) in [6.07, 6.45) is -4.44. The predicted molar refractivity (Wildman–Crippen MR) is 76.7 cm³/mol. The Labute approximate surface area is 127 Å². The number of hydrogen-bond donors (Lipinski definition) is 1. The van der Waals surface area contributed by atoms with Crippen LogP contribution in [0.2, 0.25) is 5.15 Å². The van der Waals surface area contributed by atoms with Gasteiger partial charge in [-0.1, -0.05) is 41.6 Å². The molecule has 0 radical (unpaired) electrons. The molecule has 0 saturated carbocycles. The van der Waals surface area contributed by atoms with Crippen molar-refractivity contribution in [3.8, 4) is 0 Å². The van der Waals surface area contributed by atoms with E-state index in [9.17, 15) is 13.2 Å². The van der Waals surface area contributed by atoms with Crippen LogP contribution in [0.3, 0.4) is 0 Å². The largest absolute Gasteiger partial charge is 0.416 e. The molecule has 0 bridgehead atoms. The lowest BCUT2D eigenvalue weighted by molar-refractivity contribution is -0.137. The molecule has 2 nitrogen and oxygen atoms in total. The van der Waals surface area contributed by atoms with E-state index in [0.717, 1.165) is 34.8 Å². The Morgan fingerprint density at radius 2 is 1.86 bits per heavy atom. The molecular weight excluding hydrogens is 321 g/mol. The van der Waals surface area contributed by atoms with Gasteiger partial charge in [0.15, 0.2) is 0 Å². The van der Waals surface area contributed by atoms with Gasteiger partial charge in [0.1, 0.15) is 10.2 Å². The number of rotatable bonds is 2. The van der Waals surface area contributed by atoms with Gasteiger partial charge in [-0.2, -0.15) is 13.2 Å². The van der Waals surface area contributed by atoms with E-state index in [1.165, 1.54) is 0 Å². The summed E-state index contributed by atoms with van der Waals surface area (Å²) in [5, 5.41) is 1.71. The molecule has 0 spiro atoms. The molecule has 0 amide bonds. The Bertz CT molecular complexity index is 765. The second kappa shape index (κ2) is 5.27. The zero-order chi connectivity index (χ0) is 15.0. The molecule has 7 heteroatoms. The fraction of sp³-hybridized carbons (Fsp3) is 0.0714. The molecule has 0 unspecified atom stereocenters. The maximum Gasteiger partial charge on any atom is 0.416 e. The first-order valence-corrected chi connectivity index (χ1v) is 7.12. The van der Waals surface area contributed by atoms with Crippen molar-refractivity contribution >= 4 is 34.3 Å². The number of pyridine rings is 1. The van der Waals surface area contributed by atoms with Crippen LogP contribution >= 0.6 is 23.4 Å². The van der Waals surface area contributed by atoms with Gasteiger partial charge in [-0.3, -0.25) is 0 Å². The van der Waals surface area contributed by atoms with Gasteiger partial charge in [0.05, 0.1) is 10.6 Å². The molecule has 0 fully saturated rings. The van der Waals surface area contributed by atoms with E-state index in [0.29, 0.717) is 5.03 Å². The number of hydrogen-bond acceptors (Lipinski definition) is 2. The minimum atomic E-state index is -4.44. The number of H-pyrrole nitrogens is 1. The second-order valence-electron chi connectivity index (χ2n) is 4.34. The van der Waals surface area contributed by atoms with Crippen molar-refractivity contribution in [3.63, 3.8) is 0 Å². The van der Waals surface area contributed by atoms with Gasteiger partial charge >= 0.3 is 6.18 Å². The lowest BCUT2D eigenvalue weighted by Gasteiger charge is -2.08. The number of halogens is 4. The van der Waals surface area contributed by atoms with Crippen molar-refractivity contribution < 1.29 is 13.2 Å². The third-order valence-electron chi connectivity index (χ3n) is 2.82. The minimum Gasteiger partial charge on any atom is -0.349 e. The topological polar surface area (TPSA) is 28.7 Å². The van der Waals surface area contributed by atoms with Gasteiger partial charge in [-0.15, -0.1) is 0 Å². The highest BCUT2D eigenvalue weighted by molar-refractivity contribution is 7.99. The van der Waals surface area contributed by atoms with Crippen molar-refractivity contribution in [1.29, 1.82) is 0 Å². The van der Waals surface area contributed by atoms with Gasteiger partial charge in [-0.25, -0.2) is 4.98 Å². The van der Waals surface area contributed by atoms with E-state index in [-0.39, 0.29) is 10.2 Å².